The summed E-state index contributed by atoms with van der Waals surface area (Å²) in [5.41, 5.74) is 0.377. The SMILES string of the molecule is CC(=CCNCC1(CO)CCCCC1)C(=O)O. The van der Waals surface area contributed by atoms with Crippen molar-refractivity contribution in [1.82, 2.24) is 5.32 Å². The topological polar surface area (TPSA) is 69.6 Å². The van der Waals surface area contributed by atoms with Gasteiger partial charge in [-0.1, -0.05) is 25.3 Å². The molecule has 0 saturated heterocycles. The third-order valence-electron chi connectivity index (χ3n) is 3.64. The van der Waals surface area contributed by atoms with E-state index in [0.717, 1.165) is 19.4 Å². The molecule has 4 heteroatoms. The van der Waals surface area contributed by atoms with Gasteiger partial charge in [0, 0.05) is 30.7 Å². The Balaban J connectivity index is 2.33. The van der Waals surface area contributed by atoms with Crippen LogP contribution in [0, 0.1) is 5.41 Å². The molecule has 1 aliphatic carbocycles. The lowest BCUT2D eigenvalue weighted by Crippen LogP contribution is -2.39. The number of aliphatic hydroxyl groups is 1. The highest BCUT2D eigenvalue weighted by molar-refractivity contribution is 5.85. The van der Waals surface area contributed by atoms with Crippen LogP contribution in [-0.4, -0.2) is 35.9 Å². The molecule has 98 valence electrons. The summed E-state index contributed by atoms with van der Waals surface area (Å²) < 4.78 is 0. The van der Waals surface area contributed by atoms with Gasteiger partial charge in [-0.2, -0.15) is 0 Å². The fraction of sp³-hybridized carbons (Fsp3) is 0.769. The highest BCUT2D eigenvalue weighted by Gasteiger charge is 2.30. The van der Waals surface area contributed by atoms with Gasteiger partial charge in [0.25, 0.3) is 0 Å². The molecule has 17 heavy (non-hydrogen) atoms. The van der Waals surface area contributed by atoms with Crippen LogP contribution in [0.4, 0.5) is 0 Å². The number of carboxylic acids is 1. The second-order valence-electron chi connectivity index (χ2n) is 5.04. The van der Waals surface area contributed by atoms with Crippen molar-refractivity contribution in [3.8, 4) is 0 Å². The highest BCUT2D eigenvalue weighted by Crippen LogP contribution is 2.35. The number of aliphatic carboxylic acids is 1. The van der Waals surface area contributed by atoms with E-state index in [-0.39, 0.29) is 12.0 Å². The molecule has 0 aliphatic heterocycles. The number of carboxylic acid groups (broad SMARTS) is 1. The molecule has 0 spiro atoms. The number of nitrogens with one attached hydrogen (secondary N) is 1. The van der Waals surface area contributed by atoms with Crippen LogP contribution in [0.3, 0.4) is 0 Å². The van der Waals surface area contributed by atoms with Crippen LogP contribution in [0.5, 0.6) is 0 Å². The molecule has 0 bridgehead atoms. The average Bonchev–Trinajstić information content (AvgIpc) is 2.35. The molecule has 0 aromatic rings. The zero-order valence-corrected chi connectivity index (χ0v) is 10.5. The normalized spacial score (nSPS) is 20.2. The molecule has 1 rings (SSSR count). The smallest absolute Gasteiger partial charge is 0.330 e. The van der Waals surface area contributed by atoms with E-state index in [4.69, 9.17) is 5.11 Å². The first-order valence-electron chi connectivity index (χ1n) is 6.31. The molecule has 0 unspecified atom stereocenters. The molecule has 1 saturated carbocycles. The number of hydrogen-bond donors (Lipinski definition) is 3. The summed E-state index contributed by atoms with van der Waals surface area (Å²) in [6.45, 7) is 3.14. The molecule has 0 atom stereocenters. The predicted molar refractivity (Wildman–Crippen MR) is 66.9 cm³/mol. The van der Waals surface area contributed by atoms with E-state index >= 15 is 0 Å². The molecule has 4 nitrogen and oxygen atoms in total. The quantitative estimate of drug-likeness (QED) is 0.487. The van der Waals surface area contributed by atoms with Gasteiger partial charge in [-0.3, -0.25) is 0 Å². The first-order valence-corrected chi connectivity index (χ1v) is 6.31. The molecule has 0 amide bonds. The Morgan fingerprint density at radius 1 is 1.35 bits per heavy atom. The fourth-order valence-corrected chi connectivity index (χ4v) is 2.34. The van der Waals surface area contributed by atoms with Crippen LogP contribution in [0.25, 0.3) is 0 Å². The zero-order chi connectivity index (χ0) is 12.7. The summed E-state index contributed by atoms with van der Waals surface area (Å²) in [5.74, 6) is -0.874. The van der Waals surface area contributed by atoms with E-state index in [1.165, 1.54) is 19.3 Å². The van der Waals surface area contributed by atoms with E-state index in [9.17, 15) is 9.90 Å². The lowest BCUT2D eigenvalue weighted by Gasteiger charge is -2.35. The summed E-state index contributed by atoms with van der Waals surface area (Å²) in [6.07, 6.45) is 7.45. The highest BCUT2D eigenvalue weighted by atomic mass is 16.4. The maximum atomic E-state index is 10.6. The first-order chi connectivity index (χ1) is 8.09. The minimum Gasteiger partial charge on any atom is -0.478 e. The van der Waals surface area contributed by atoms with Crippen LogP contribution in [0.1, 0.15) is 39.0 Å². The summed E-state index contributed by atoms with van der Waals surface area (Å²) in [7, 11) is 0. The minimum atomic E-state index is -0.874. The Kier molecular flexibility index (Phi) is 5.65. The third kappa shape index (κ3) is 4.48. The maximum Gasteiger partial charge on any atom is 0.330 e. The second-order valence-corrected chi connectivity index (χ2v) is 5.04. The summed E-state index contributed by atoms with van der Waals surface area (Å²) in [4.78, 5) is 10.6. The predicted octanol–water partition coefficient (Wildman–Crippen LogP) is 1.55. The number of rotatable bonds is 6. The van der Waals surface area contributed by atoms with E-state index in [2.05, 4.69) is 5.32 Å². The van der Waals surface area contributed by atoms with Crippen molar-refractivity contribution in [3.05, 3.63) is 11.6 Å². The maximum absolute atomic E-state index is 10.6. The van der Waals surface area contributed by atoms with Crippen molar-refractivity contribution in [2.45, 2.75) is 39.0 Å². The number of aliphatic hydroxyl groups excluding tert-OH is 1. The average molecular weight is 241 g/mol. The van der Waals surface area contributed by atoms with Gasteiger partial charge in [0.1, 0.15) is 0 Å². The molecule has 3 N–H and O–H groups in total. The van der Waals surface area contributed by atoms with E-state index < -0.39 is 5.97 Å². The summed E-state index contributed by atoms with van der Waals surface area (Å²) in [6, 6.07) is 0. The summed E-state index contributed by atoms with van der Waals surface area (Å²) >= 11 is 0. The Morgan fingerprint density at radius 2 is 2.00 bits per heavy atom. The lowest BCUT2D eigenvalue weighted by atomic mass is 9.74. The molecule has 1 aliphatic rings. The monoisotopic (exact) mass is 241 g/mol. The Morgan fingerprint density at radius 3 is 2.53 bits per heavy atom. The van der Waals surface area contributed by atoms with Crippen LogP contribution in [0.15, 0.2) is 11.6 Å². The van der Waals surface area contributed by atoms with Gasteiger partial charge in [0.05, 0.1) is 0 Å². The molecule has 1 fully saturated rings. The van der Waals surface area contributed by atoms with Crippen molar-refractivity contribution < 1.29 is 15.0 Å². The van der Waals surface area contributed by atoms with Crippen LogP contribution >= 0.6 is 0 Å². The molecule has 0 aromatic carbocycles. The van der Waals surface area contributed by atoms with Crippen molar-refractivity contribution in [3.63, 3.8) is 0 Å². The molecule has 0 radical (unpaired) electrons. The Bertz CT molecular complexity index is 280. The molecule has 0 heterocycles. The first kappa shape index (κ1) is 14.2. The Hall–Kier alpha value is -0.870. The minimum absolute atomic E-state index is 0.0171. The van der Waals surface area contributed by atoms with E-state index in [0.29, 0.717) is 12.1 Å². The Labute approximate surface area is 103 Å². The van der Waals surface area contributed by atoms with Crippen molar-refractivity contribution >= 4 is 5.97 Å². The fourth-order valence-electron chi connectivity index (χ4n) is 2.34. The second kappa shape index (κ2) is 6.77. The third-order valence-corrected chi connectivity index (χ3v) is 3.64. The van der Waals surface area contributed by atoms with Crippen molar-refractivity contribution in [2.75, 3.05) is 19.7 Å². The van der Waals surface area contributed by atoms with Gasteiger partial charge in [0.2, 0.25) is 0 Å². The van der Waals surface area contributed by atoms with Crippen LogP contribution < -0.4 is 5.32 Å². The summed E-state index contributed by atoms with van der Waals surface area (Å²) in [5, 5.41) is 21.4. The standard InChI is InChI=1S/C13H23NO3/c1-11(12(16)17)5-8-14-9-13(10-15)6-3-2-4-7-13/h5,14-15H,2-4,6-10H2,1H3,(H,16,17). The van der Waals surface area contributed by atoms with Crippen molar-refractivity contribution in [1.29, 1.82) is 0 Å². The number of carbonyl (C=O) groups is 1. The zero-order valence-electron chi connectivity index (χ0n) is 10.5. The van der Waals surface area contributed by atoms with E-state index in [1.807, 2.05) is 0 Å². The van der Waals surface area contributed by atoms with Crippen LogP contribution in [-0.2, 0) is 4.79 Å². The van der Waals surface area contributed by atoms with Gasteiger partial charge in [-0.25, -0.2) is 4.79 Å². The van der Waals surface area contributed by atoms with Gasteiger partial charge in [-0.15, -0.1) is 0 Å². The molecular formula is C13H23NO3. The number of hydrogen-bond acceptors (Lipinski definition) is 3. The molecule has 0 aromatic heterocycles. The van der Waals surface area contributed by atoms with E-state index in [1.54, 1.807) is 13.0 Å². The lowest BCUT2D eigenvalue weighted by molar-refractivity contribution is -0.132. The van der Waals surface area contributed by atoms with Gasteiger partial charge >= 0.3 is 5.97 Å². The van der Waals surface area contributed by atoms with Crippen molar-refractivity contribution in [2.24, 2.45) is 5.41 Å². The van der Waals surface area contributed by atoms with Gasteiger partial charge in [-0.05, 0) is 19.8 Å². The van der Waals surface area contributed by atoms with Gasteiger partial charge < -0.3 is 15.5 Å². The van der Waals surface area contributed by atoms with Gasteiger partial charge in [0.15, 0.2) is 0 Å². The largest absolute Gasteiger partial charge is 0.478 e. The van der Waals surface area contributed by atoms with Crippen LogP contribution in [0.2, 0.25) is 0 Å². The molecular weight excluding hydrogens is 218 g/mol.